The van der Waals surface area contributed by atoms with Gasteiger partial charge in [-0.3, -0.25) is 0 Å². The van der Waals surface area contributed by atoms with E-state index in [0.717, 1.165) is 6.61 Å². The van der Waals surface area contributed by atoms with Crippen LogP contribution in [0.1, 0.15) is 6.92 Å². The van der Waals surface area contributed by atoms with Gasteiger partial charge in [-0.1, -0.05) is 0 Å². The zero-order chi connectivity index (χ0) is 7.61. The van der Waals surface area contributed by atoms with Crippen LogP contribution in [0.25, 0.3) is 0 Å². The van der Waals surface area contributed by atoms with Gasteiger partial charge in [0.15, 0.2) is 0 Å². The molecule has 1 heterocycles. The van der Waals surface area contributed by atoms with Gasteiger partial charge in [0.05, 0.1) is 20.3 Å². The lowest BCUT2D eigenvalue weighted by atomic mass is 10.2. The lowest BCUT2D eigenvalue weighted by Gasteiger charge is -2.05. The number of rotatable bonds is 2. The molecule has 1 atom stereocenters. The summed E-state index contributed by atoms with van der Waals surface area (Å²) in [7, 11) is 1.34. The minimum atomic E-state index is -0.406. The van der Waals surface area contributed by atoms with E-state index in [2.05, 4.69) is 10.1 Å². The molecule has 0 aromatic carbocycles. The molecular weight excluding hydrogens is 134 g/mol. The number of alkyl carbamates (subject to hydrolysis) is 1. The van der Waals surface area contributed by atoms with Crippen molar-refractivity contribution >= 4 is 6.09 Å². The van der Waals surface area contributed by atoms with E-state index in [1.54, 1.807) is 0 Å². The van der Waals surface area contributed by atoms with Crippen LogP contribution in [0, 0.1) is 0 Å². The maximum absolute atomic E-state index is 10.5. The largest absolute Gasteiger partial charge is 0.453 e. The van der Waals surface area contributed by atoms with Crippen molar-refractivity contribution < 1.29 is 14.3 Å². The third-order valence-electron chi connectivity index (χ3n) is 1.43. The highest BCUT2D eigenvalue weighted by molar-refractivity contribution is 5.67. The SMILES string of the molecule is COC(=O)NCC1(C)CO1. The molecule has 1 amide bonds. The molecule has 1 unspecified atom stereocenters. The quantitative estimate of drug-likeness (QED) is 0.562. The molecule has 0 aromatic rings. The molecule has 1 N–H and O–H groups in total. The Morgan fingerprint density at radius 1 is 1.90 bits per heavy atom. The van der Waals surface area contributed by atoms with E-state index >= 15 is 0 Å². The summed E-state index contributed by atoms with van der Waals surface area (Å²) in [5.41, 5.74) is -0.131. The molecule has 1 rings (SSSR count). The predicted octanol–water partition coefficient (Wildman–Crippen LogP) is 0.131. The number of hydrogen-bond acceptors (Lipinski definition) is 3. The Hall–Kier alpha value is -0.770. The zero-order valence-corrected chi connectivity index (χ0v) is 6.14. The first-order valence-corrected chi connectivity index (χ1v) is 3.12. The monoisotopic (exact) mass is 145 g/mol. The fourth-order valence-electron chi connectivity index (χ4n) is 0.557. The van der Waals surface area contributed by atoms with E-state index < -0.39 is 6.09 Å². The average molecular weight is 145 g/mol. The third-order valence-corrected chi connectivity index (χ3v) is 1.43. The Kier molecular flexibility index (Phi) is 1.80. The van der Waals surface area contributed by atoms with Crippen LogP contribution in [0.4, 0.5) is 4.79 Å². The molecule has 1 saturated heterocycles. The first kappa shape index (κ1) is 7.34. The summed E-state index contributed by atoms with van der Waals surface area (Å²) in [6.45, 7) is 3.18. The number of methoxy groups -OCH3 is 1. The standard InChI is InChI=1S/C6H11NO3/c1-6(4-10-6)3-7-5(8)9-2/h3-4H2,1-2H3,(H,7,8). The molecule has 1 aliphatic rings. The van der Waals surface area contributed by atoms with Crippen molar-refractivity contribution in [3.05, 3.63) is 0 Å². The van der Waals surface area contributed by atoms with E-state index in [4.69, 9.17) is 4.74 Å². The molecular formula is C6H11NO3. The minimum Gasteiger partial charge on any atom is -0.453 e. The van der Waals surface area contributed by atoms with Gasteiger partial charge in [0.25, 0.3) is 0 Å². The fourth-order valence-corrected chi connectivity index (χ4v) is 0.557. The summed E-state index contributed by atoms with van der Waals surface area (Å²) in [6, 6.07) is 0. The fraction of sp³-hybridized carbons (Fsp3) is 0.833. The number of nitrogens with one attached hydrogen (secondary N) is 1. The van der Waals surface area contributed by atoms with Gasteiger partial charge < -0.3 is 14.8 Å². The van der Waals surface area contributed by atoms with Gasteiger partial charge in [-0.05, 0) is 6.92 Å². The molecule has 0 aromatic heterocycles. The topological polar surface area (TPSA) is 50.9 Å². The lowest BCUT2D eigenvalue weighted by molar-refractivity contribution is 0.167. The van der Waals surface area contributed by atoms with Crippen molar-refractivity contribution in [3.63, 3.8) is 0 Å². The minimum absolute atomic E-state index is 0.131. The van der Waals surface area contributed by atoms with Gasteiger partial charge in [0.1, 0.15) is 5.60 Å². The lowest BCUT2D eigenvalue weighted by Crippen LogP contribution is -2.32. The summed E-state index contributed by atoms with van der Waals surface area (Å²) >= 11 is 0. The highest BCUT2D eigenvalue weighted by Crippen LogP contribution is 2.24. The molecule has 0 bridgehead atoms. The van der Waals surface area contributed by atoms with Gasteiger partial charge in [-0.2, -0.15) is 0 Å². The number of carbonyl (C=O) groups is 1. The third kappa shape index (κ3) is 1.88. The molecule has 0 radical (unpaired) electrons. The predicted molar refractivity (Wildman–Crippen MR) is 34.8 cm³/mol. The first-order valence-electron chi connectivity index (χ1n) is 3.12. The Bertz CT molecular complexity index is 142. The highest BCUT2D eigenvalue weighted by Gasteiger charge is 2.39. The van der Waals surface area contributed by atoms with E-state index in [-0.39, 0.29) is 5.60 Å². The van der Waals surface area contributed by atoms with E-state index in [0.29, 0.717) is 6.54 Å². The van der Waals surface area contributed by atoms with Crippen LogP contribution in [-0.2, 0) is 9.47 Å². The second-order valence-electron chi connectivity index (χ2n) is 2.58. The van der Waals surface area contributed by atoms with Crippen LogP contribution < -0.4 is 5.32 Å². The summed E-state index contributed by atoms with van der Waals surface area (Å²) in [5.74, 6) is 0. The summed E-state index contributed by atoms with van der Waals surface area (Å²) in [5, 5.41) is 2.55. The molecule has 10 heavy (non-hydrogen) atoms. The maximum atomic E-state index is 10.5. The van der Waals surface area contributed by atoms with Gasteiger partial charge in [0, 0.05) is 0 Å². The summed E-state index contributed by atoms with van der Waals surface area (Å²) in [4.78, 5) is 10.5. The van der Waals surface area contributed by atoms with Crippen LogP contribution in [0.3, 0.4) is 0 Å². The molecule has 4 heteroatoms. The van der Waals surface area contributed by atoms with Crippen molar-refractivity contribution in [1.29, 1.82) is 0 Å². The molecule has 0 saturated carbocycles. The van der Waals surface area contributed by atoms with Crippen molar-refractivity contribution in [2.75, 3.05) is 20.3 Å². The number of amides is 1. The Labute approximate surface area is 59.5 Å². The second kappa shape index (κ2) is 2.46. The summed E-state index contributed by atoms with van der Waals surface area (Å²) < 4.78 is 9.39. The van der Waals surface area contributed by atoms with Gasteiger partial charge in [-0.25, -0.2) is 4.79 Å². The Balaban J connectivity index is 2.10. The van der Waals surface area contributed by atoms with E-state index in [9.17, 15) is 4.79 Å². The van der Waals surface area contributed by atoms with E-state index in [1.807, 2.05) is 6.92 Å². The zero-order valence-electron chi connectivity index (χ0n) is 6.14. The number of carbonyl (C=O) groups excluding carboxylic acids is 1. The van der Waals surface area contributed by atoms with E-state index in [1.165, 1.54) is 7.11 Å². The molecule has 1 fully saturated rings. The second-order valence-corrected chi connectivity index (χ2v) is 2.58. The van der Waals surface area contributed by atoms with Gasteiger partial charge in [-0.15, -0.1) is 0 Å². The van der Waals surface area contributed by atoms with Crippen molar-refractivity contribution in [3.8, 4) is 0 Å². The molecule has 1 aliphatic heterocycles. The average Bonchev–Trinajstić information content (AvgIpc) is 2.64. The Morgan fingerprint density at radius 2 is 2.50 bits per heavy atom. The molecule has 0 spiro atoms. The number of ether oxygens (including phenoxy) is 2. The normalized spacial score (nSPS) is 29.4. The van der Waals surface area contributed by atoms with Crippen molar-refractivity contribution in [1.82, 2.24) is 5.32 Å². The number of hydrogen-bond donors (Lipinski definition) is 1. The van der Waals surface area contributed by atoms with Crippen LogP contribution >= 0.6 is 0 Å². The van der Waals surface area contributed by atoms with Gasteiger partial charge >= 0.3 is 6.09 Å². The molecule has 0 aliphatic carbocycles. The van der Waals surface area contributed by atoms with Crippen molar-refractivity contribution in [2.24, 2.45) is 0 Å². The maximum Gasteiger partial charge on any atom is 0.406 e. The molecule has 4 nitrogen and oxygen atoms in total. The van der Waals surface area contributed by atoms with Gasteiger partial charge in [0.2, 0.25) is 0 Å². The highest BCUT2D eigenvalue weighted by atomic mass is 16.6. The first-order chi connectivity index (χ1) is 4.66. The van der Waals surface area contributed by atoms with Crippen molar-refractivity contribution in [2.45, 2.75) is 12.5 Å². The van der Waals surface area contributed by atoms with Crippen LogP contribution in [0.15, 0.2) is 0 Å². The Morgan fingerprint density at radius 3 is 2.90 bits per heavy atom. The van der Waals surface area contributed by atoms with Crippen LogP contribution in [-0.4, -0.2) is 32.0 Å². The summed E-state index contributed by atoms with van der Waals surface area (Å²) in [6.07, 6.45) is -0.406. The molecule has 58 valence electrons. The smallest absolute Gasteiger partial charge is 0.406 e. The van der Waals surface area contributed by atoms with Crippen LogP contribution in [0.2, 0.25) is 0 Å². The number of epoxide rings is 1. The van der Waals surface area contributed by atoms with Crippen LogP contribution in [0.5, 0.6) is 0 Å².